The number of hydrogen-bond acceptors (Lipinski definition) is 1. The van der Waals surface area contributed by atoms with Crippen molar-refractivity contribution in [1.29, 1.82) is 0 Å². The largest absolute Gasteiger partial charge is 0.299 e. The zero-order chi connectivity index (χ0) is 14.9. The first kappa shape index (κ1) is 15.1. The first-order valence-electron chi connectivity index (χ1n) is 7.33. The number of hydrogen-bond donors (Lipinski definition) is 0. The summed E-state index contributed by atoms with van der Waals surface area (Å²) in [5.74, 6) is 2.84. The molecular weight excluding hydrogens is 256 g/mol. The van der Waals surface area contributed by atoms with Crippen molar-refractivity contribution >= 4 is 5.78 Å². The molecule has 0 radical (unpaired) electrons. The van der Waals surface area contributed by atoms with Gasteiger partial charge in [-0.25, -0.2) is 0 Å². The zero-order valence-corrected chi connectivity index (χ0v) is 12.2. The van der Waals surface area contributed by atoms with Crippen molar-refractivity contribution in [2.75, 3.05) is 0 Å². The fourth-order valence-electron chi connectivity index (χ4n) is 2.56. The Balaban J connectivity index is 2.05. The van der Waals surface area contributed by atoms with Gasteiger partial charge in [-0.2, -0.15) is 0 Å². The van der Waals surface area contributed by atoms with Crippen LogP contribution >= 0.6 is 0 Å². The highest BCUT2D eigenvalue weighted by Crippen LogP contribution is 2.26. The topological polar surface area (TPSA) is 17.1 Å². The van der Waals surface area contributed by atoms with Gasteiger partial charge in [0.25, 0.3) is 0 Å². The Labute approximate surface area is 127 Å². The SMILES string of the molecule is C#CCC(=O)CC(CCc1ccccc1)c1ccccc1. The Morgan fingerprint density at radius 3 is 2.24 bits per heavy atom. The predicted molar refractivity (Wildman–Crippen MR) is 87.0 cm³/mol. The van der Waals surface area contributed by atoms with Crippen LogP contribution in [0.15, 0.2) is 60.7 Å². The van der Waals surface area contributed by atoms with E-state index < -0.39 is 0 Å². The lowest BCUT2D eigenvalue weighted by Crippen LogP contribution is -2.08. The number of benzene rings is 2. The molecule has 1 unspecified atom stereocenters. The summed E-state index contributed by atoms with van der Waals surface area (Å²) in [5, 5.41) is 0. The van der Waals surface area contributed by atoms with Crippen molar-refractivity contribution in [3.8, 4) is 12.3 Å². The number of Topliss-reactive ketones (excluding diaryl/α,β-unsaturated/α-hetero) is 1. The minimum atomic E-state index is 0.152. The van der Waals surface area contributed by atoms with E-state index in [0.29, 0.717) is 6.42 Å². The molecule has 0 aromatic heterocycles. The molecule has 0 heterocycles. The van der Waals surface area contributed by atoms with Gasteiger partial charge < -0.3 is 0 Å². The predicted octanol–water partition coefficient (Wildman–Crippen LogP) is 4.39. The summed E-state index contributed by atoms with van der Waals surface area (Å²) in [4.78, 5) is 11.9. The van der Waals surface area contributed by atoms with Crippen molar-refractivity contribution in [2.45, 2.75) is 31.6 Å². The van der Waals surface area contributed by atoms with E-state index in [0.717, 1.165) is 12.8 Å². The maximum atomic E-state index is 11.9. The van der Waals surface area contributed by atoms with Gasteiger partial charge in [-0.1, -0.05) is 66.6 Å². The third-order valence-corrected chi connectivity index (χ3v) is 3.67. The van der Waals surface area contributed by atoms with E-state index in [1.54, 1.807) is 0 Å². The summed E-state index contributed by atoms with van der Waals surface area (Å²) in [5.41, 5.74) is 2.53. The van der Waals surface area contributed by atoms with Crippen LogP contribution in [-0.2, 0) is 11.2 Å². The van der Waals surface area contributed by atoms with E-state index in [1.807, 2.05) is 24.3 Å². The number of carbonyl (C=O) groups is 1. The molecule has 1 atom stereocenters. The molecule has 1 nitrogen and oxygen atoms in total. The van der Waals surface area contributed by atoms with Crippen LogP contribution < -0.4 is 0 Å². The maximum Gasteiger partial charge on any atom is 0.145 e. The molecule has 0 aliphatic rings. The summed E-state index contributed by atoms with van der Waals surface area (Å²) < 4.78 is 0. The van der Waals surface area contributed by atoms with Gasteiger partial charge in [-0.05, 0) is 29.9 Å². The molecule has 21 heavy (non-hydrogen) atoms. The second-order valence-corrected chi connectivity index (χ2v) is 5.26. The smallest absolute Gasteiger partial charge is 0.145 e. The van der Waals surface area contributed by atoms with Crippen LogP contribution in [0.5, 0.6) is 0 Å². The molecule has 106 valence electrons. The summed E-state index contributed by atoms with van der Waals surface area (Å²) in [6.07, 6.45) is 7.94. The van der Waals surface area contributed by atoms with Crippen molar-refractivity contribution in [3.05, 3.63) is 71.8 Å². The molecule has 0 spiro atoms. The molecule has 0 aliphatic carbocycles. The van der Waals surface area contributed by atoms with Crippen molar-refractivity contribution in [2.24, 2.45) is 0 Å². The molecule has 0 saturated heterocycles. The average Bonchev–Trinajstić information content (AvgIpc) is 2.53. The summed E-state index contributed by atoms with van der Waals surface area (Å²) in [6.45, 7) is 0. The lowest BCUT2D eigenvalue weighted by atomic mass is 9.88. The molecule has 2 aromatic carbocycles. The van der Waals surface area contributed by atoms with Crippen molar-refractivity contribution in [3.63, 3.8) is 0 Å². The molecule has 0 amide bonds. The van der Waals surface area contributed by atoms with Crippen LogP contribution in [0.2, 0.25) is 0 Å². The highest BCUT2D eigenvalue weighted by molar-refractivity contribution is 5.81. The third-order valence-electron chi connectivity index (χ3n) is 3.67. The van der Waals surface area contributed by atoms with Crippen LogP contribution in [0.3, 0.4) is 0 Å². The lowest BCUT2D eigenvalue weighted by molar-refractivity contribution is -0.118. The first-order valence-corrected chi connectivity index (χ1v) is 7.33. The standard InChI is InChI=1S/C20H20O/c1-2-9-20(21)16-19(18-12-7-4-8-13-18)15-14-17-10-5-3-6-11-17/h1,3-8,10-13,19H,9,14-16H2. The molecule has 2 rings (SSSR count). The average molecular weight is 276 g/mol. The van der Waals surface area contributed by atoms with Crippen LogP contribution in [0, 0.1) is 12.3 Å². The molecule has 0 aliphatic heterocycles. The Morgan fingerprint density at radius 1 is 1.00 bits per heavy atom. The zero-order valence-electron chi connectivity index (χ0n) is 12.2. The van der Waals surface area contributed by atoms with Crippen molar-refractivity contribution < 1.29 is 4.79 Å². The number of terminal acetylenes is 1. The quantitative estimate of drug-likeness (QED) is 0.686. The van der Waals surface area contributed by atoms with E-state index >= 15 is 0 Å². The fraction of sp³-hybridized carbons (Fsp3) is 0.250. The highest BCUT2D eigenvalue weighted by Gasteiger charge is 2.15. The monoisotopic (exact) mass is 276 g/mol. The number of carbonyl (C=O) groups excluding carboxylic acids is 1. The van der Waals surface area contributed by atoms with Gasteiger partial charge >= 0.3 is 0 Å². The summed E-state index contributed by atoms with van der Waals surface area (Å²) >= 11 is 0. The fourth-order valence-corrected chi connectivity index (χ4v) is 2.56. The Morgan fingerprint density at radius 2 is 1.62 bits per heavy atom. The van der Waals surface area contributed by atoms with E-state index in [1.165, 1.54) is 11.1 Å². The van der Waals surface area contributed by atoms with Crippen molar-refractivity contribution in [1.82, 2.24) is 0 Å². The van der Waals surface area contributed by atoms with E-state index in [4.69, 9.17) is 6.42 Å². The minimum Gasteiger partial charge on any atom is -0.299 e. The van der Waals surface area contributed by atoms with E-state index in [9.17, 15) is 4.79 Å². The molecule has 1 heteroatoms. The molecule has 0 fully saturated rings. The van der Waals surface area contributed by atoms with E-state index in [-0.39, 0.29) is 18.1 Å². The first-order chi connectivity index (χ1) is 10.3. The Bertz CT molecular complexity index is 593. The number of aryl methyl sites for hydroxylation is 1. The van der Waals surface area contributed by atoms with Gasteiger partial charge in [0, 0.05) is 6.42 Å². The maximum absolute atomic E-state index is 11.9. The van der Waals surface area contributed by atoms with Crippen LogP contribution in [0.1, 0.15) is 36.3 Å². The van der Waals surface area contributed by atoms with Gasteiger partial charge in [-0.3, -0.25) is 4.79 Å². The van der Waals surface area contributed by atoms with Gasteiger partial charge in [0.05, 0.1) is 6.42 Å². The summed E-state index contributed by atoms with van der Waals surface area (Å²) in [7, 11) is 0. The second-order valence-electron chi connectivity index (χ2n) is 5.26. The number of rotatable bonds is 7. The Hall–Kier alpha value is -2.33. The van der Waals surface area contributed by atoms with Crippen LogP contribution in [-0.4, -0.2) is 5.78 Å². The third kappa shape index (κ3) is 4.93. The normalized spacial score (nSPS) is 11.6. The van der Waals surface area contributed by atoms with Gasteiger partial charge in [-0.15, -0.1) is 6.42 Å². The molecule has 0 N–H and O–H groups in total. The second kappa shape index (κ2) is 8.07. The molecule has 0 bridgehead atoms. The number of ketones is 1. The van der Waals surface area contributed by atoms with Gasteiger partial charge in [0.2, 0.25) is 0 Å². The molecule has 0 saturated carbocycles. The van der Waals surface area contributed by atoms with Crippen LogP contribution in [0.4, 0.5) is 0 Å². The summed E-state index contributed by atoms with van der Waals surface area (Å²) in [6, 6.07) is 20.6. The lowest BCUT2D eigenvalue weighted by Gasteiger charge is -2.16. The van der Waals surface area contributed by atoms with E-state index in [2.05, 4.69) is 42.3 Å². The van der Waals surface area contributed by atoms with Gasteiger partial charge in [0.15, 0.2) is 0 Å². The molecule has 2 aromatic rings. The van der Waals surface area contributed by atoms with Crippen LogP contribution in [0.25, 0.3) is 0 Å². The molecular formula is C20H20O. The minimum absolute atomic E-state index is 0.152. The van der Waals surface area contributed by atoms with Gasteiger partial charge in [0.1, 0.15) is 5.78 Å². The highest BCUT2D eigenvalue weighted by atomic mass is 16.1. The Kier molecular flexibility index (Phi) is 5.79.